The molecule has 0 aromatic heterocycles. The number of aromatic carboxylic acids is 2. The highest BCUT2D eigenvalue weighted by molar-refractivity contribution is 14.1. The van der Waals surface area contributed by atoms with E-state index in [1.54, 1.807) is 22.6 Å². The van der Waals surface area contributed by atoms with E-state index < -0.39 is 11.9 Å². The first-order valence-electron chi connectivity index (χ1n) is 5.61. The molecular weight excluding hydrogens is 635 g/mol. The van der Waals surface area contributed by atoms with Crippen LogP contribution >= 0.6 is 67.8 Å². The van der Waals surface area contributed by atoms with Crippen LogP contribution in [0.5, 0.6) is 0 Å². The summed E-state index contributed by atoms with van der Waals surface area (Å²) < 4.78 is 0.757. The maximum Gasteiger partial charge on any atom is 0.337 e. The zero-order chi connectivity index (χ0) is 17.2. The molecule has 1 aromatic carbocycles. The quantitative estimate of drug-likeness (QED) is 0.363. The fourth-order valence-electron chi connectivity index (χ4n) is 1.68. The minimum atomic E-state index is -1.24. The molecular formula is C12H10I3NO6. The summed E-state index contributed by atoms with van der Waals surface area (Å²) in [4.78, 5) is 39.5. The van der Waals surface area contributed by atoms with Gasteiger partial charge in [0.15, 0.2) is 5.78 Å². The van der Waals surface area contributed by atoms with Crippen LogP contribution in [0.3, 0.4) is 0 Å². The zero-order valence-corrected chi connectivity index (χ0v) is 17.8. The van der Waals surface area contributed by atoms with Crippen LogP contribution in [0.4, 0.5) is 5.69 Å². The maximum absolute atomic E-state index is 11.5. The molecule has 0 atom stereocenters. The number of carbonyl (C=O) groups excluding carboxylic acids is 1. The molecule has 10 heteroatoms. The Morgan fingerprint density at radius 1 is 1.00 bits per heavy atom. The van der Waals surface area contributed by atoms with E-state index in [0.717, 1.165) is 0 Å². The number of anilines is 1. The lowest BCUT2D eigenvalue weighted by Gasteiger charge is -2.25. The Morgan fingerprint density at radius 2 is 1.41 bits per heavy atom. The maximum atomic E-state index is 11.5. The van der Waals surface area contributed by atoms with Gasteiger partial charge in [-0.05, 0) is 74.7 Å². The normalized spacial score (nSPS) is 10.4. The van der Waals surface area contributed by atoms with Crippen molar-refractivity contribution in [2.24, 2.45) is 0 Å². The Kier molecular flexibility index (Phi) is 7.25. The van der Waals surface area contributed by atoms with E-state index in [0.29, 0.717) is 7.14 Å². The Morgan fingerprint density at radius 3 is 1.68 bits per heavy atom. The highest BCUT2D eigenvalue weighted by atomic mass is 127. The van der Waals surface area contributed by atoms with Gasteiger partial charge in [0.05, 0.1) is 31.1 Å². The summed E-state index contributed by atoms with van der Waals surface area (Å²) in [6.45, 7) is 1.23. The molecule has 0 aliphatic carbocycles. The fourth-order valence-corrected chi connectivity index (χ4v) is 6.31. The van der Waals surface area contributed by atoms with Gasteiger partial charge < -0.3 is 10.2 Å². The molecule has 120 valence electrons. The van der Waals surface area contributed by atoms with Gasteiger partial charge in [0.1, 0.15) is 6.54 Å². The molecule has 0 fully saturated rings. The highest BCUT2D eigenvalue weighted by Crippen LogP contribution is 2.37. The molecule has 7 nitrogen and oxygen atoms in total. The summed E-state index contributed by atoms with van der Waals surface area (Å²) in [5.74, 6) is -2.69. The lowest BCUT2D eigenvalue weighted by atomic mass is 10.1. The number of halogens is 3. The van der Waals surface area contributed by atoms with Crippen molar-refractivity contribution >= 4 is 91.2 Å². The fraction of sp³-hybridized carbons (Fsp3) is 0.250. The van der Waals surface area contributed by atoms with Gasteiger partial charge in [0.25, 0.3) is 0 Å². The van der Waals surface area contributed by atoms with Crippen LogP contribution < -0.4 is 5.06 Å². The SMILES string of the molecule is CON(CC(C)=O)c1c(I)c(C(=O)O)c(I)c(C(=O)O)c1I. The molecule has 1 aromatic rings. The number of carbonyl (C=O) groups is 3. The van der Waals surface area contributed by atoms with Gasteiger partial charge in [-0.2, -0.15) is 0 Å². The Bertz CT molecular complexity index is 620. The van der Waals surface area contributed by atoms with Crippen molar-refractivity contribution < 1.29 is 29.4 Å². The first kappa shape index (κ1) is 19.8. The number of hydrogen-bond acceptors (Lipinski definition) is 5. The summed E-state index contributed by atoms with van der Waals surface area (Å²) in [6, 6.07) is 0. The summed E-state index contributed by atoms with van der Waals surface area (Å²) >= 11 is 5.34. The minimum absolute atomic E-state index is 0.124. The van der Waals surface area contributed by atoms with Gasteiger partial charge in [-0.3, -0.25) is 9.63 Å². The van der Waals surface area contributed by atoms with Gasteiger partial charge in [0.2, 0.25) is 0 Å². The van der Waals surface area contributed by atoms with Crippen LogP contribution in [-0.4, -0.2) is 41.6 Å². The van der Waals surface area contributed by atoms with Crippen LogP contribution in [0, 0.1) is 10.7 Å². The standard InChI is InChI=1S/C12H10I3NO6/c1-4(17)3-16(22-2)10-8(14)5(11(18)19)7(13)6(9(10)15)12(20)21/h3H2,1-2H3,(H,18,19)(H,20,21). The van der Waals surface area contributed by atoms with Crippen LogP contribution in [0.1, 0.15) is 27.6 Å². The molecule has 1 rings (SSSR count). The Balaban J connectivity index is 3.80. The average Bonchev–Trinajstić information content (AvgIpc) is 2.35. The van der Waals surface area contributed by atoms with Gasteiger partial charge in [-0.15, -0.1) is 0 Å². The molecule has 0 saturated heterocycles. The van der Waals surface area contributed by atoms with E-state index in [4.69, 9.17) is 4.84 Å². The molecule has 0 bridgehead atoms. The summed E-state index contributed by atoms with van der Waals surface area (Å²) in [5.41, 5.74) is 0.00773. The van der Waals surface area contributed by atoms with E-state index in [2.05, 4.69) is 0 Å². The molecule has 2 N–H and O–H groups in total. The first-order valence-corrected chi connectivity index (χ1v) is 8.85. The lowest BCUT2D eigenvalue weighted by Crippen LogP contribution is -2.30. The number of hydroxylamine groups is 1. The van der Waals surface area contributed by atoms with E-state index in [-0.39, 0.29) is 32.7 Å². The summed E-state index contributed by atoms with van der Waals surface area (Å²) in [6.07, 6.45) is 0. The largest absolute Gasteiger partial charge is 0.478 e. The number of hydrogen-bond donors (Lipinski definition) is 2. The average molecular weight is 645 g/mol. The van der Waals surface area contributed by atoms with Crippen molar-refractivity contribution in [1.29, 1.82) is 0 Å². The topological polar surface area (TPSA) is 104 Å². The van der Waals surface area contributed by atoms with Crippen molar-refractivity contribution in [3.63, 3.8) is 0 Å². The van der Waals surface area contributed by atoms with Crippen LogP contribution in [-0.2, 0) is 9.63 Å². The summed E-state index contributed by atoms with van der Waals surface area (Å²) in [5, 5.41) is 19.9. The van der Waals surface area contributed by atoms with Crippen LogP contribution in [0.25, 0.3) is 0 Å². The third-order valence-electron chi connectivity index (χ3n) is 2.56. The van der Waals surface area contributed by atoms with Crippen molar-refractivity contribution in [2.45, 2.75) is 6.92 Å². The predicted molar refractivity (Wildman–Crippen MR) is 104 cm³/mol. The van der Waals surface area contributed by atoms with Gasteiger partial charge >= 0.3 is 11.9 Å². The smallest absolute Gasteiger partial charge is 0.337 e. The predicted octanol–water partition coefficient (Wildman–Crippen LogP) is 2.85. The lowest BCUT2D eigenvalue weighted by molar-refractivity contribution is -0.116. The van der Waals surface area contributed by atoms with Crippen LogP contribution in [0.15, 0.2) is 0 Å². The van der Waals surface area contributed by atoms with Crippen LogP contribution in [0.2, 0.25) is 0 Å². The third kappa shape index (κ3) is 4.00. The number of ketones is 1. The van der Waals surface area contributed by atoms with Crippen molar-refractivity contribution in [3.05, 3.63) is 21.8 Å². The number of carboxylic acids is 2. The number of carboxylic acid groups (broad SMARTS) is 2. The number of nitrogens with zero attached hydrogens (tertiary/aromatic N) is 1. The molecule has 0 aliphatic heterocycles. The summed E-state index contributed by atoms with van der Waals surface area (Å²) in [7, 11) is 1.33. The van der Waals surface area contributed by atoms with Gasteiger partial charge in [-0.1, -0.05) is 0 Å². The Labute approximate surface area is 166 Å². The molecule has 0 amide bonds. The molecule has 0 radical (unpaired) electrons. The van der Waals surface area contributed by atoms with E-state index >= 15 is 0 Å². The van der Waals surface area contributed by atoms with E-state index in [9.17, 15) is 24.6 Å². The zero-order valence-electron chi connectivity index (χ0n) is 11.3. The third-order valence-corrected chi connectivity index (χ3v) is 5.74. The number of benzene rings is 1. The minimum Gasteiger partial charge on any atom is -0.478 e. The molecule has 0 spiro atoms. The van der Waals surface area contributed by atoms with Gasteiger partial charge in [-0.25, -0.2) is 14.7 Å². The van der Waals surface area contributed by atoms with Crippen molar-refractivity contribution in [1.82, 2.24) is 0 Å². The van der Waals surface area contributed by atoms with Crippen molar-refractivity contribution in [2.75, 3.05) is 18.7 Å². The monoisotopic (exact) mass is 645 g/mol. The number of Topliss-reactive ketones (excluding diaryl/α,β-unsaturated/α-hetero) is 1. The second-order valence-electron chi connectivity index (χ2n) is 4.07. The second kappa shape index (κ2) is 8.05. The number of rotatable bonds is 6. The molecule has 0 aliphatic rings. The highest BCUT2D eigenvalue weighted by Gasteiger charge is 2.30. The van der Waals surface area contributed by atoms with Crippen molar-refractivity contribution in [3.8, 4) is 0 Å². The molecule has 0 saturated carbocycles. The molecule has 22 heavy (non-hydrogen) atoms. The van der Waals surface area contributed by atoms with E-state index in [1.807, 2.05) is 45.2 Å². The second-order valence-corrected chi connectivity index (χ2v) is 7.31. The molecule has 0 heterocycles. The molecule has 0 unspecified atom stereocenters. The first-order chi connectivity index (χ1) is 10.1. The van der Waals surface area contributed by atoms with Gasteiger partial charge in [0, 0.05) is 3.57 Å². The van der Waals surface area contributed by atoms with E-state index in [1.165, 1.54) is 19.1 Å². The Hall–Kier alpha value is -0.220.